The summed E-state index contributed by atoms with van der Waals surface area (Å²) in [6, 6.07) is 8.82. The average molecular weight is 387 g/mol. The van der Waals surface area contributed by atoms with Crippen LogP contribution in [0.4, 0.5) is 0 Å². The summed E-state index contributed by atoms with van der Waals surface area (Å²) < 4.78 is 11.6. The highest BCUT2D eigenvalue weighted by atomic mass is 79.9. The molecule has 0 unspecified atom stereocenters. The molecule has 0 bridgehead atoms. The first-order chi connectivity index (χ1) is 11.6. The predicted octanol–water partition coefficient (Wildman–Crippen LogP) is 4.66. The van der Waals surface area contributed by atoms with Crippen molar-refractivity contribution in [3.05, 3.63) is 57.3 Å². The molecule has 1 aliphatic heterocycles. The van der Waals surface area contributed by atoms with Crippen molar-refractivity contribution in [2.75, 3.05) is 7.11 Å². The molecule has 5 heteroatoms. The number of allylic oxidation sites excluding steroid dienone is 1. The Balaban J connectivity index is 1.71. The van der Waals surface area contributed by atoms with Gasteiger partial charge in [-0.1, -0.05) is 6.07 Å². The van der Waals surface area contributed by atoms with Gasteiger partial charge in [0.15, 0.2) is 11.5 Å². The number of phenolic OH excluding ortho intramolecular Hbond substituents is 1. The van der Waals surface area contributed by atoms with E-state index in [1.165, 1.54) is 0 Å². The highest BCUT2D eigenvalue weighted by Crippen LogP contribution is 2.45. The number of benzene rings is 2. The molecule has 2 aromatic rings. The van der Waals surface area contributed by atoms with Gasteiger partial charge in [-0.3, -0.25) is 4.79 Å². The number of phenols is 1. The topological polar surface area (TPSA) is 55.8 Å². The van der Waals surface area contributed by atoms with Crippen molar-refractivity contribution in [2.45, 2.75) is 18.8 Å². The third-order valence-electron chi connectivity index (χ3n) is 4.33. The molecule has 4 nitrogen and oxygen atoms in total. The zero-order chi connectivity index (χ0) is 16.8. The van der Waals surface area contributed by atoms with E-state index in [1.807, 2.05) is 6.07 Å². The van der Waals surface area contributed by atoms with Gasteiger partial charge in [-0.25, -0.2) is 0 Å². The molecule has 122 valence electrons. The van der Waals surface area contributed by atoms with E-state index < -0.39 is 0 Å². The lowest BCUT2D eigenvalue weighted by Gasteiger charge is -2.06. The van der Waals surface area contributed by atoms with Gasteiger partial charge in [-0.15, -0.1) is 0 Å². The summed E-state index contributed by atoms with van der Waals surface area (Å²) in [5.74, 6) is 1.95. The van der Waals surface area contributed by atoms with Gasteiger partial charge in [0.1, 0.15) is 16.0 Å². The second-order valence-electron chi connectivity index (χ2n) is 5.99. The van der Waals surface area contributed by atoms with Crippen LogP contribution in [0.2, 0.25) is 0 Å². The van der Waals surface area contributed by atoms with E-state index in [0.717, 1.165) is 24.0 Å². The molecule has 1 fully saturated rings. The van der Waals surface area contributed by atoms with Crippen LogP contribution in [0.5, 0.6) is 17.2 Å². The molecule has 2 aromatic carbocycles. The van der Waals surface area contributed by atoms with Crippen LogP contribution in [0.3, 0.4) is 0 Å². The maximum Gasteiger partial charge on any atom is 0.232 e. The third kappa shape index (κ3) is 2.49. The minimum absolute atomic E-state index is 0.158. The monoisotopic (exact) mass is 386 g/mol. The molecule has 1 saturated carbocycles. The number of halogens is 1. The zero-order valence-electron chi connectivity index (χ0n) is 13.0. The van der Waals surface area contributed by atoms with Gasteiger partial charge in [0.05, 0.1) is 12.7 Å². The summed E-state index contributed by atoms with van der Waals surface area (Å²) in [5.41, 5.74) is 2.29. The number of hydrogen-bond acceptors (Lipinski definition) is 4. The van der Waals surface area contributed by atoms with Crippen molar-refractivity contribution >= 4 is 27.8 Å². The number of hydrogen-bond donors (Lipinski definition) is 1. The molecule has 0 aromatic heterocycles. The van der Waals surface area contributed by atoms with Gasteiger partial charge in [0.2, 0.25) is 5.78 Å². The number of fused-ring (bicyclic) bond motifs is 1. The van der Waals surface area contributed by atoms with E-state index in [1.54, 1.807) is 37.5 Å². The maximum atomic E-state index is 12.5. The van der Waals surface area contributed by atoms with Crippen LogP contribution in [0, 0.1) is 0 Å². The van der Waals surface area contributed by atoms with Gasteiger partial charge >= 0.3 is 0 Å². The van der Waals surface area contributed by atoms with E-state index >= 15 is 0 Å². The summed E-state index contributed by atoms with van der Waals surface area (Å²) in [6.45, 7) is 0. The third-order valence-corrected chi connectivity index (χ3v) is 5.08. The highest BCUT2D eigenvalue weighted by molar-refractivity contribution is 9.10. The predicted molar refractivity (Wildman–Crippen MR) is 93.7 cm³/mol. The lowest BCUT2D eigenvalue weighted by molar-refractivity contribution is 0.101. The average Bonchev–Trinajstić information content (AvgIpc) is 3.37. The van der Waals surface area contributed by atoms with E-state index in [4.69, 9.17) is 9.47 Å². The minimum atomic E-state index is -0.158. The molecule has 1 N–H and O–H groups in total. The molecule has 0 radical (unpaired) electrons. The first-order valence-electron chi connectivity index (χ1n) is 7.72. The van der Waals surface area contributed by atoms with Crippen molar-refractivity contribution in [1.29, 1.82) is 0 Å². The quantitative estimate of drug-likeness (QED) is 0.779. The molecule has 2 aliphatic rings. The molecule has 1 aliphatic carbocycles. The molecular weight excluding hydrogens is 372 g/mol. The number of carbonyl (C=O) groups excluding carboxylic acids is 1. The van der Waals surface area contributed by atoms with Crippen LogP contribution in [0.15, 0.2) is 40.6 Å². The Kier molecular flexibility index (Phi) is 3.61. The minimum Gasteiger partial charge on any atom is -0.508 e. The Bertz CT molecular complexity index is 881. The van der Waals surface area contributed by atoms with Crippen molar-refractivity contribution in [3.63, 3.8) is 0 Å². The van der Waals surface area contributed by atoms with Crippen molar-refractivity contribution < 1.29 is 19.4 Å². The summed E-state index contributed by atoms with van der Waals surface area (Å²) in [7, 11) is 1.57. The van der Waals surface area contributed by atoms with E-state index in [0.29, 0.717) is 33.2 Å². The molecule has 4 rings (SSSR count). The number of rotatable bonds is 3. The van der Waals surface area contributed by atoms with Crippen LogP contribution in [0.25, 0.3) is 6.08 Å². The second-order valence-corrected chi connectivity index (χ2v) is 6.78. The molecule has 0 atom stereocenters. The van der Waals surface area contributed by atoms with Crippen LogP contribution in [-0.4, -0.2) is 18.0 Å². The number of aromatic hydroxyl groups is 1. The maximum absolute atomic E-state index is 12.5. The lowest BCUT2D eigenvalue weighted by Crippen LogP contribution is -1.98. The van der Waals surface area contributed by atoms with Crippen LogP contribution in [-0.2, 0) is 0 Å². The molecule has 0 amide bonds. The number of Topliss-reactive ketones (excluding diaryl/α,β-unsaturated/α-hetero) is 1. The lowest BCUT2D eigenvalue weighted by atomic mass is 10.0. The van der Waals surface area contributed by atoms with Crippen LogP contribution in [0.1, 0.15) is 40.2 Å². The summed E-state index contributed by atoms with van der Waals surface area (Å²) in [6.07, 6.45) is 3.91. The molecule has 24 heavy (non-hydrogen) atoms. The Morgan fingerprint density at radius 1 is 1.29 bits per heavy atom. The second kappa shape index (κ2) is 5.67. The smallest absolute Gasteiger partial charge is 0.232 e. The summed E-state index contributed by atoms with van der Waals surface area (Å²) >= 11 is 3.42. The number of ether oxygens (including phenoxy) is 2. The van der Waals surface area contributed by atoms with Gasteiger partial charge in [0, 0.05) is 0 Å². The van der Waals surface area contributed by atoms with Crippen molar-refractivity contribution in [1.82, 2.24) is 0 Å². The van der Waals surface area contributed by atoms with E-state index in [-0.39, 0.29) is 11.5 Å². The number of ketones is 1. The zero-order valence-corrected chi connectivity index (χ0v) is 14.6. The number of carbonyl (C=O) groups is 1. The molecular formula is C19H15BrO4. The Morgan fingerprint density at radius 3 is 2.79 bits per heavy atom. The highest BCUT2D eigenvalue weighted by Gasteiger charge is 2.31. The van der Waals surface area contributed by atoms with Gasteiger partial charge in [0.25, 0.3) is 0 Å². The SMILES string of the molecule is COc1ccc2c(c1Br)O/C(=C\c1ccc(O)c(C3CC3)c1)C2=O. The first kappa shape index (κ1) is 15.3. The molecule has 0 spiro atoms. The first-order valence-corrected chi connectivity index (χ1v) is 8.51. The Labute approximate surface area is 147 Å². The fraction of sp³-hybridized carbons (Fsp3) is 0.211. The Hall–Kier alpha value is -2.27. The normalized spacial score (nSPS) is 17.8. The fourth-order valence-electron chi connectivity index (χ4n) is 2.89. The van der Waals surface area contributed by atoms with Gasteiger partial charge in [-0.2, -0.15) is 0 Å². The summed E-state index contributed by atoms with van der Waals surface area (Å²) in [4.78, 5) is 12.5. The summed E-state index contributed by atoms with van der Waals surface area (Å²) in [5, 5.41) is 9.96. The van der Waals surface area contributed by atoms with Crippen molar-refractivity contribution in [2.24, 2.45) is 0 Å². The van der Waals surface area contributed by atoms with Gasteiger partial charge < -0.3 is 14.6 Å². The Morgan fingerprint density at radius 2 is 2.08 bits per heavy atom. The standard InChI is InChI=1S/C19H15BrO4/c1-23-15-7-5-12-18(22)16(24-19(12)17(15)20)9-10-2-6-14(21)13(8-10)11-3-4-11/h2,5-9,11,21H,3-4H2,1H3/b16-9-. The van der Waals surface area contributed by atoms with Crippen molar-refractivity contribution in [3.8, 4) is 17.2 Å². The van der Waals surface area contributed by atoms with E-state index in [9.17, 15) is 9.90 Å². The largest absolute Gasteiger partial charge is 0.508 e. The molecule has 0 saturated heterocycles. The van der Waals surface area contributed by atoms with Crippen LogP contribution >= 0.6 is 15.9 Å². The van der Waals surface area contributed by atoms with Gasteiger partial charge in [-0.05, 0) is 76.2 Å². The van der Waals surface area contributed by atoms with E-state index in [2.05, 4.69) is 15.9 Å². The fourth-order valence-corrected chi connectivity index (χ4v) is 3.48. The molecule has 1 heterocycles. The number of methoxy groups -OCH3 is 1. The van der Waals surface area contributed by atoms with Crippen LogP contribution < -0.4 is 9.47 Å².